The molecule has 0 heterocycles. The number of carbonyl (C=O) groups excluding carboxylic acids is 2. The monoisotopic (exact) mass is 341 g/mol. The van der Waals surface area contributed by atoms with Gasteiger partial charge in [0, 0.05) is 5.56 Å². The lowest BCUT2D eigenvalue weighted by Crippen LogP contribution is -2.45. The van der Waals surface area contributed by atoms with Crippen LogP contribution in [-0.4, -0.2) is 39.1 Å². The molecule has 0 N–H and O–H groups in total. The van der Waals surface area contributed by atoms with E-state index < -0.39 is 22.0 Å². The van der Waals surface area contributed by atoms with Gasteiger partial charge in [-0.05, 0) is 45.7 Å². The fourth-order valence-electron chi connectivity index (χ4n) is 2.54. The maximum Gasteiger partial charge on any atom is 0.329 e. The Hall–Kier alpha value is -1.89. The van der Waals surface area contributed by atoms with Crippen LogP contribution in [0.4, 0.5) is 5.69 Å². The number of esters is 1. The molecule has 1 unspecified atom stereocenters. The van der Waals surface area contributed by atoms with Gasteiger partial charge in [0.15, 0.2) is 5.78 Å². The first-order chi connectivity index (χ1) is 10.6. The number of ketones is 1. The molecule has 0 aliphatic rings. The maximum absolute atomic E-state index is 12.6. The molecule has 1 aromatic rings. The van der Waals surface area contributed by atoms with Crippen molar-refractivity contribution in [3.05, 3.63) is 28.8 Å². The van der Waals surface area contributed by atoms with Crippen molar-refractivity contribution in [2.75, 3.05) is 17.2 Å². The molecule has 0 aliphatic carbocycles. The number of hydrogen-bond acceptors (Lipinski definition) is 5. The number of methoxy groups -OCH3 is 1. The highest BCUT2D eigenvalue weighted by molar-refractivity contribution is 7.92. The molecule has 128 valence electrons. The van der Waals surface area contributed by atoms with Crippen LogP contribution in [0.2, 0.25) is 0 Å². The maximum atomic E-state index is 12.6. The zero-order valence-corrected chi connectivity index (χ0v) is 15.2. The van der Waals surface area contributed by atoms with Crippen LogP contribution in [0.3, 0.4) is 0 Å². The number of Topliss-reactive ketones (excluding diaryl/α,β-unsaturated/α-hetero) is 1. The first-order valence-electron chi connectivity index (χ1n) is 7.29. The van der Waals surface area contributed by atoms with Gasteiger partial charge in [0.25, 0.3) is 0 Å². The Morgan fingerprint density at radius 2 is 1.83 bits per heavy atom. The number of hydrogen-bond donors (Lipinski definition) is 0. The van der Waals surface area contributed by atoms with Crippen molar-refractivity contribution in [2.45, 2.75) is 40.7 Å². The summed E-state index contributed by atoms with van der Waals surface area (Å²) in [5.74, 6) is -0.991. The van der Waals surface area contributed by atoms with Gasteiger partial charge in [-0.3, -0.25) is 9.10 Å². The summed E-state index contributed by atoms with van der Waals surface area (Å²) in [7, 11) is -2.52. The van der Waals surface area contributed by atoms with E-state index in [-0.39, 0.29) is 11.5 Å². The molecule has 0 amide bonds. The van der Waals surface area contributed by atoms with Crippen LogP contribution in [-0.2, 0) is 19.6 Å². The molecule has 0 aliphatic heterocycles. The Labute approximate surface area is 137 Å². The number of sulfonamides is 1. The molecule has 7 heteroatoms. The lowest BCUT2D eigenvalue weighted by atomic mass is 9.99. The van der Waals surface area contributed by atoms with E-state index in [1.54, 1.807) is 26.0 Å². The van der Waals surface area contributed by atoms with Crippen molar-refractivity contribution >= 4 is 27.5 Å². The SMILES string of the molecule is CCS(=O)(=O)N(c1c(C)ccc(C(C)=O)c1C)C(C)C(=O)OC. The molecule has 0 saturated carbocycles. The molecular weight excluding hydrogens is 318 g/mol. The number of rotatable bonds is 6. The van der Waals surface area contributed by atoms with E-state index in [2.05, 4.69) is 0 Å². The lowest BCUT2D eigenvalue weighted by molar-refractivity contribution is -0.141. The minimum atomic E-state index is -3.73. The van der Waals surface area contributed by atoms with E-state index in [0.29, 0.717) is 22.4 Å². The van der Waals surface area contributed by atoms with Gasteiger partial charge in [-0.2, -0.15) is 0 Å². The molecule has 23 heavy (non-hydrogen) atoms. The van der Waals surface area contributed by atoms with Crippen LogP contribution in [0.5, 0.6) is 0 Å². The van der Waals surface area contributed by atoms with Crippen molar-refractivity contribution in [3.8, 4) is 0 Å². The van der Waals surface area contributed by atoms with Crippen molar-refractivity contribution in [1.82, 2.24) is 0 Å². The molecule has 1 aromatic carbocycles. The summed E-state index contributed by atoms with van der Waals surface area (Å²) >= 11 is 0. The first-order valence-corrected chi connectivity index (χ1v) is 8.90. The Bertz CT molecular complexity index is 724. The Morgan fingerprint density at radius 1 is 1.26 bits per heavy atom. The molecule has 0 saturated heterocycles. The van der Waals surface area contributed by atoms with Crippen LogP contribution >= 0.6 is 0 Å². The quantitative estimate of drug-likeness (QED) is 0.585. The smallest absolute Gasteiger partial charge is 0.329 e. The van der Waals surface area contributed by atoms with E-state index in [4.69, 9.17) is 4.74 Å². The van der Waals surface area contributed by atoms with Gasteiger partial charge in [0.1, 0.15) is 6.04 Å². The van der Waals surface area contributed by atoms with E-state index in [9.17, 15) is 18.0 Å². The highest BCUT2D eigenvalue weighted by Gasteiger charge is 2.34. The van der Waals surface area contributed by atoms with Crippen LogP contribution in [0.1, 0.15) is 42.3 Å². The van der Waals surface area contributed by atoms with Crippen LogP contribution in [0, 0.1) is 13.8 Å². The average Bonchev–Trinajstić information content (AvgIpc) is 2.49. The van der Waals surface area contributed by atoms with Gasteiger partial charge in [-0.25, -0.2) is 13.2 Å². The first kappa shape index (κ1) is 19.2. The lowest BCUT2D eigenvalue weighted by Gasteiger charge is -2.31. The summed E-state index contributed by atoms with van der Waals surface area (Å²) in [5.41, 5.74) is 1.99. The summed E-state index contributed by atoms with van der Waals surface area (Å²) in [5, 5.41) is 0. The molecule has 1 atom stereocenters. The van der Waals surface area contributed by atoms with E-state index in [1.807, 2.05) is 0 Å². The molecule has 0 bridgehead atoms. The number of anilines is 1. The van der Waals surface area contributed by atoms with Gasteiger partial charge >= 0.3 is 5.97 Å². The minimum Gasteiger partial charge on any atom is -0.467 e. The summed E-state index contributed by atoms with van der Waals surface area (Å²) < 4.78 is 30.9. The molecule has 6 nitrogen and oxygen atoms in total. The number of benzene rings is 1. The summed E-state index contributed by atoms with van der Waals surface area (Å²) in [4.78, 5) is 23.7. The Kier molecular flexibility index (Phi) is 5.93. The van der Waals surface area contributed by atoms with E-state index >= 15 is 0 Å². The zero-order chi connectivity index (χ0) is 17.9. The molecule has 0 radical (unpaired) electrons. The highest BCUT2D eigenvalue weighted by atomic mass is 32.2. The standard InChI is InChI=1S/C16H23NO5S/c1-7-23(20,21)17(12(4)16(19)22-6)15-10(2)8-9-14(11(15)3)13(5)18/h8-9,12H,7H2,1-6H3. The zero-order valence-electron chi connectivity index (χ0n) is 14.3. The van der Waals surface area contributed by atoms with E-state index in [0.717, 1.165) is 4.31 Å². The highest BCUT2D eigenvalue weighted by Crippen LogP contribution is 2.32. The predicted octanol–water partition coefficient (Wildman–Crippen LogP) is 2.22. The largest absolute Gasteiger partial charge is 0.467 e. The van der Waals surface area contributed by atoms with E-state index in [1.165, 1.54) is 27.9 Å². The van der Waals surface area contributed by atoms with Gasteiger partial charge in [0.05, 0.1) is 18.6 Å². The molecule has 0 aromatic heterocycles. The van der Waals surface area contributed by atoms with Crippen LogP contribution < -0.4 is 4.31 Å². The van der Waals surface area contributed by atoms with Gasteiger partial charge in [0.2, 0.25) is 10.0 Å². The second-order valence-corrected chi connectivity index (χ2v) is 7.49. The normalized spacial score (nSPS) is 12.6. The molecule has 0 fully saturated rings. The average molecular weight is 341 g/mol. The van der Waals surface area contributed by atoms with Gasteiger partial charge in [-0.1, -0.05) is 12.1 Å². The van der Waals surface area contributed by atoms with Crippen molar-refractivity contribution in [2.24, 2.45) is 0 Å². The van der Waals surface area contributed by atoms with Gasteiger partial charge in [-0.15, -0.1) is 0 Å². The summed E-state index contributed by atoms with van der Waals surface area (Å²) in [6, 6.07) is 2.32. The van der Waals surface area contributed by atoms with Crippen molar-refractivity contribution < 1.29 is 22.7 Å². The second kappa shape index (κ2) is 7.12. The fourth-order valence-corrected chi connectivity index (χ4v) is 3.94. The Morgan fingerprint density at radius 3 is 2.26 bits per heavy atom. The summed E-state index contributed by atoms with van der Waals surface area (Å²) in [6.07, 6.45) is 0. The minimum absolute atomic E-state index is 0.164. The second-order valence-electron chi connectivity index (χ2n) is 5.36. The predicted molar refractivity (Wildman–Crippen MR) is 89.3 cm³/mol. The molecule has 1 rings (SSSR count). The number of carbonyl (C=O) groups is 2. The van der Waals surface area contributed by atoms with Crippen molar-refractivity contribution in [1.29, 1.82) is 0 Å². The third-order valence-electron chi connectivity index (χ3n) is 3.79. The number of nitrogens with zero attached hydrogens (tertiary/aromatic N) is 1. The third-order valence-corrected chi connectivity index (χ3v) is 5.62. The Balaban J connectivity index is 3.72. The summed E-state index contributed by atoms with van der Waals surface area (Å²) in [6.45, 7) is 7.82. The fraction of sp³-hybridized carbons (Fsp3) is 0.500. The van der Waals surface area contributed by atoms with Crippen LogP contribution in [0.15, 0.2) is 12.1 Å². The van der Waals surface area contributed by atoms with Gasteiger partial charge < -0.3 is 4.74 Å². The topological polar surface area (TPSA) is 80.8 Å². The number of ether oxygens (including phenoxy) is 1. The molecule has 0 spiro atoms. The molecular formula is C16H23NO5S. The third kappa shape index (κ3) is 3.72. The van der Waals surface area contributed by atoms with Crippen LogP contribution in [0.25, 0.3) is 0 Å². The number of aryl methyl sites for hydroxylation is 1. The van der Waals surface area contributed by atoms with Crippen molar-refractivity contribution in [3.63, 3.8) is 0 Å².